The van der Waals surface area contributed by atoms with Crippen LogP contribution in [0.2, 0.25) is 5.02 Å². The van der Waals surface area contributed by atoms with E-state index in [-0.39, 0.29) is 25.2 Å². The van der Waals surface area contributed by atoms with Crippen molar-refractivity contribution in [3.8, 4) is 11.3 Å². The molecule has 9 heteroatoms. The molecule has 8 nitrogen and oxygen atoms in total. The lowest BCUT2D eigenvalue weighted by Crippen LogP contribution is -2.31. The molecule has 2 atom stereocenters. The number of amides is 1. The van der Waals surface area contributed by atoms with Crippen LogP contribution in [0.3, 0.4) is 0 Å². The molecule has 5 N–H and O–H groups in total. The summed E-state index contributed by atoms with van der Waals surface area (Å²) in [6.07, 6.45) is 2.37. The largest absolute Gasteiger partial charge is 0.394 e. The first-order chi connectivity index (χ1) is 15.4. The van der Waals surface area contributed by atoms with Crippen LogP contribution < -0.4 is 10.6 Å². The zero-order valence-corrected chi connectivity index (χ0v) is 19.1. The molecule has 1 aromatic carbocycles. The van der Waals surface area contributed by atoms with Crippen molar-refractivity contribution in [2.24, 2.45) is 0 Å². The van der Waals surface area contributed by atoms with Gasteiger partial charge in [0.05, 0.1) is 31.0 Å². The minimum atomic E-state index is -0.591. The molecule has 0 aliphatic heterocycles. The number of benzene rings is 1. The number of aromatic nitrogens is 3. The van der Waals surface area contributed by atoms with Gasteiger partial charge in [0.25, 0.3) is 5.91 Å². The number of carbonyl (C=O) groups excluding carboxylic acids is 1. The molecule has 0 fully saturated rings. The third-order valence-electron chi connectivity index (χ3n) is 5.36. The molecular weight excluding hydrogens is 430 g/mol. The van der Waals surface area contributed by atoms with Gasteiger partial charge in [-0.1, -0.05) is 30.7 Å². The molecule has 32 heavy (non-hydrogen) atoms. The monoisotopic (exact) mass is 457 g/mol. The average molecular weight is 458 g/mol. The maximum Gasteiger partial charge on any atom is 0.268 e. The number of H-pyrrole nitrogens is 1. The Morgan fingerprint density at radius 2 is 2.00 bits per heavy atom. The lowest BCUT2D eigenvalue weighted by Gasteiger charge is -2.17. The third-order valence-corrected chi connectivity index (χ3v) is 5.60. The average Bonchev–Trinajstić information content (AvgIpc) is 3.09. The van der Waals surface area contributed by atoms with Crippen LogP contribution in [-0.4, -0.2) is 50.3 Å². The summed E-state index contributed by atoms with van der Waals surface area (Å²) in [6.45, 7) is 5.40. The van der Waals surface area contributed by atoms with Gasteiger partial charge in [-0.25, -0.2) is 9.97 Å². The van der Waals surface area contributed by atoms with Crippen LogP contribution in [-0.2, 0) is 0 Å². The fourth-order valence-electron chi connectivity index (χ4n) is 3.58. The molecule has 2 aromatic heterocycles. The van der Waals surface area contributed by atoms with E-state index in [0.717, 1.165) is 28.8 Å². The van der Waals surface area contributed by atoms with Gasteiger partial charge in [-0.05, 0) is 49.6 Å². The van der Waals surface area contributed by atoms with Gasteiger partial charge >= 0.3 is 0 Å². The van der Waals surface area contributed by atoms with Crippen LogP contribution in [0.4, 0.5) is 5.95 Å². The van der Waals surface area contributed by atoms with Crippen molar-refractivity contribution in [1.29, 1.82) is 0 Å². The number of aliphatic hydroxyl groups is 2. The molecule has 170 valence electrons. The molecule has 0 radical (unpaired) electrons. The Kier molecular flexibility index (Phi) is 7.84. The summed E-state index contributed by atoms with van der Waals surface area (Å²) in [5.41, 5.74) is 4.11. The number of nitrogens with zero attached hydrogens (tertiary/aromatic N) is 2. The number of aryl methyl sites for hydroxylation is 1. The summed E-state index contributed by atoms with van der Waals surface area (Å²) in [5, 5.41) is 25.7. The van der Waals surface area contributed by atoms with E-state index in [1.807, 2.05) is 20.8 Å². The van der Waals surface area contributed by atoms with Crippen molar-refractivity contribution >= 4 is 23.5 Å². The zero-order chi connectivity index (χ0) is 23.3. The summed E-state index contributed by atoms with van der Waals surface area (Å²) in [4.78, 5) is 25.0. The van der Waals surface area contributed by atoms with Crippen LogP contribution in [0.5, 0.6) is 0 Å². The fourth-order valence-corrected chi connectivity index (χ4v) is 3.77. The van der Waals surface area contributed by atoms with Gasteiger partial charge in [-0.15, -0.1) is 0 Å². The van der Waals surface area contributed by atoms with Gasteiger partial charge in [0, 0.05) is 22.5 Å². The van der Waals surface area contributed by atoms with E-state index >= 15 is 0 Å². The Morgan fingerprint density at radius 1 is 1.22 bits per heavy atom. The van der Waals surface area contributed by atoms with Crippen LogP contribution in [0.25, 0.3) is 11.3 Å². The SMILES string of the molecule is CC[C@@H](CO)Nc1nccc(-c2c(C)[nH]c(C(=O)NC(CO)c3cccc(Cl)c3)c2C)n1. The molecular formula is C23H28ClN5O3. The van der Waals surface area contributed by atoms with Crippen LogP contribution in [0, 0.1) is 13.8 Å². The number of halogens is 1. The van der Waals surface area contributed by atoms with Gasteiger partial charge in [0.15, 0.2) is 0 Å². The standard InChI is InChI=1S/C23H28ClN5O3/c1-4-17(11-30)27-23-25-9-8-18(29-23)20-13(2)21(26-14(20)3)22(32)28-19(12-31)15-6-5-7-16(24)10-15/h5-10,17,19,26,30-31H,4,11-12H2,1-3H3,(H,28,32)(H,25,27,29)/t17-,19?/m0/s1. The highest BCUT2D eigenvalue weighted by Gasteiger charge is 2.22. The molecule has 1 amide bonds. The maximum atomic E-state index is 13.0. The van der Waals surface area contributed by atoms with E-state index in [1.165, 1.54) is 0 Å². The summed E-state index contributed by atoms with van der Waals surface area (Å²) < 4.78 is 0. The lowest BCUT2D eigenvalue weighted by atomic mass is 10.1. The van der Waals surface area contributed by atoms with E-state index in [9.17, 15) is 15.0 Å². The normalized spacial score (nSPS) is 12.9. The van der Waals surface area contributed by atoms with Crippen molar-refractivity contribution in [1.82, 2.24) is 20.3 Å². The molecule has 0 aliphatic carbocycles. The minimum absolute atomic E-state index is 0.0186. The van der Waals surface area contributed by atoms with Gasteiger partial charge in [0.2, 0.25) is 5.95 Å². The van der Waals surface area contributed by atoms with E-state index in [4.69, 9.17) is 11.6 Å². The number of rotatable bonds is 9. The Bertz CT molecular complexity index is 1080. The highest BCUT2D eigenvalue weighted by molar-refractivity contribution is 6.30. The second kappa shape index (κ2) is 10.6. The summed E-state index contributed by atoms with van der Waals surface area (Å²) >= 11 is 6.05. The van der Waals surface area contributed by atoms with E-state index < -0.39 is 6.04 Å². The number of aliphatic hydroxyl groups excluding tert-OH is 2. The van der Waals surface area contributed by atoms with Crippen LogP contribution >= 0.6 is 11.6 Å². The molecule has 0 bridgehead atoms. The Balaban J connectivity index is 1.86. The second-order valence-corrected chi connectivity index (χ2v) is 8.02. The molecule has 0 spiro atoms. The first-order valence-electron chi connectivity index (χ1n) is 10.4. The molecule has 0 saturated heterocycles. The van der Waals surface area contributed by atoms with Gasteiger partial charge in [-0.2, -0.15) is 0 Å². The van der Waals surface area contributed by atoms with E-state index in [0.29, 0.717) is 22.4 Å². The first kappa shape index (κ1) is 23.7. The van der Waals surface area contributed by atoms with Gasteiger partial charge in [-0.3, -0.25) is 4.79 Å². The number of nitrogens with one attached hydrogen (secondary N) is 3. The topological polar surface area (TPSA) is 123 Å². The molecule has 3 aromatic rings. The van der Waals surface area contributed by atoms with Crippen LogP contribution in [0.1, 0.15) is 46.7 Å². The Morgan fingerprint density at radius 3 is 2.66 bits per heavy atom. The fraction of sp³-hybridized carbons (Fsp3) is 0.348. The van der Waals surface area contributed by atoms with E-state index in [1.54, 1.807) is 36.5 Å². The smallest absolute Gasteiger partial charge is 0.268 e. The van der Waals surface area contributed by atoms with E-state index in [2.05, 4.69) is 25.6 Å². The van der Waals surface area contributed by atoms with Crippen molar-refractivity contribution in [2.45, 2.75) is 39.3 Å². The predicted molar refractivity (Wildman–Crippen MR) is 125 cm³/mol. The summed E-state index contributed by atoms with van der Waals surface area (Å²) in [6, 6.07) is 8.07. The number of carbonyl (C=O) groups is 1. The van der Waals surface area contributed by atoms with Crippen molar-refractivity contribution in [3.63, 3.8) is 0 Å². The van der Waals surface area contributed by atoms with Gasteiger partial charge in [0.1, 0.15) is 5.69 Å². The highest BCUT2D eigenvalue weighted by atomic mass is 35.5. The van der Waals surface area contributed by atoms with Crippen molar-refractivity contribution < 1.29 is 15.0 Å². The first-order valence-corrected chi connectivity index (χ1v) is 10.8. The van der Waals surface area contributed by atoms with Crippen LogP contribution in [0.15, 0.2) is 36.5 Å². The Hall–Kier alpha value is -2.94. The third kappa shape index (κ3) is 5.27. The second-order valence-electron chi connectivity index (χ2n) is 7.59. The maximum absolute atomic E-state index is 13.0. The minimum Gasteiger partial charge on any atom is -0.394 e. The van der Waals surface area contributed by atoms with Crippen molar-refractivity contribution in [3.05, 3.63) is 64.1 Å². The highest BCUT2D eigenvalue weighted by Crippen LogP contribution is 2.29. The molecule has 3 rings (SSSR count). The number of hydrogen-bond donors (Lipinski definition) is 5. The molecule has 1 unspecified atom stereocenters. The quantitative estimate of drug-likeness (QED) is 0.335. The lowest BCUT2D eigenvalue weighted by molar-refractivity contribution is 0.0911. The molecule has 2 heterocycles. The molecule has 0 saturated carbocycles. The summed E-state index contributed by atoms with van der Waals surface area (Å²) in [5.74, 6) is 0.0744. The number of hydrogen-bond acceptors (Lipinski definition) is 6. The predicted octanol–water partition coefficient (Wildman–Crippen LogP) is 3.39. The summed E-state index contributed by atoms with van der Waals surface area (Å²) in [7, 11) is 0. The number of aromatic amines is 1. The Labute approximate surface area is 192 Å². The van der Waals surface area contributed by atoms with Gasteiger partial charge < -0.3 is 25.8 Å². The van der Waals surface area contributed by atoms with Crippen molar-refractivity contribution in [2.75, 3.05) is 18.5 Å². The molecule has 0 aliphatic rings. The zero-order valence-electron chi connectivity index (χ0n) is 18.3. The number of anilines is 1.